The maximum Gasteiger partial charge on any atom is 0.269 e. The summed E-state index contributed by atoms with van der Waals surface area (Å²) in [5, 5.41) is 10.9. The smallest absolute Gasteiger partial charge is 0.269 e. The fourth-order valence-corrected chi connectivity index (χ4v) is 3.44. The third-order valence-electron chi connectivity index (χ3n) is 4.99. The lowest BCUT2D eigenvalue weighted by Gasteiger charge is -2.17. The predicted molar refractivity (Wildman–Crippen MR) is 111 cm³/mol. The first-order chi connectivity index (χ1) is 14.5. The van der Waals surface area contributed by atoms with E-state index in [0.29, 0.717) is 35.5 Å². The molecule has 0 radical (unpaired) electrons. The number of anilines is 1. The summed E-state index contributed by atoms with van der Waals surface area (Å²) in [6.45, 7) is 0.297. The molecule has 0 saturated heterocycles. The lowest BCUT2D eigenvalue weighted by atomic mass is 10.0. The Labute approximate surface area is 172 Å². The van der Waals surface area contributed by atoms with Crippen molar-refractivity contribution < 1.29 is 19.2 Å². The molecule has 7 heteroatoms. The van der Waals surface area contributed by atoms with E-state index in [-0.39, 0.29) is 24.0 Å². The average Bonchev–Trinajstić information content (AvgIpc) is 3.21. The van der Waals surface area contributed by atoms with Crippen molar-refractivity contribution in [2.45, 2.75) is 6.42 Å². The second kappa shape index (κ2) is 8.16. The zero-order chi connectivity index (χ0) is 21.1. The quantitative estimate of drug-likeness (QED) is 0.355. The third kappa shape index (κ3) is 3.91. The van der Waals surface area contributed by atoms with Crippen LogP contribution in [-0.2, 0) is 11.2 Å². The minimum atomic E-state index is -0.444. The Bertz CT molecular complexity index is 1110. The molecule has 1 aliphatic heterocycles. The molecule has 0 N–H and O–H groups in total. The van der Waals surface area contributed by atoms with Crippen LogP contribution in [0.2, 0.25) is 0 Å². The van der Waals surface area contributed by atoms with Crippen LogP contribution in [0.1, 0.15) is 21.5 Å². The Morgan fingerprint density at radius 1 is 0.967 bits per heavy atom. The van der Waals surface area contributed by atoms with Crippen LogP contribution >= 0.6 is 0 Å². The van der Waals surface area contributed by atoms with Gasteiger partial charge in [0.15, 0.2) is 12.4 Å². The molecule has 3 aromatic rings. The van der Waals surface area contributed by atoms with Gasteiger partial charge in [0.1, 0.15) is 5.75 Å². The van der Waals surface area contributed by atoms with E-state index in [2.05, 4.69) is 0 Å². The predicted octanol–water partition coefficient (Wildman–Crippen LogP) is 3.79. The maximum absolute atomic E-state index is 12.6. The zero-order valence-electron chi connectivity index (χ0n) is 16.0. The number of nitrogens with zero attached hydrogens (tertiary/aromatic N) is 2. The topological polar surface area (TPSA) is 89.8 Å². The number of ether oxygens (including phenoxy) is 1. The molecule has 0 bridgehead atoms. The molecule has 0 aromatic heterocycles. The number of non-ortho nitro benzene ring substituents is 1. The van der Waals surface area contributed by atoms with Gasteiger partial charge in [0.2, 0.25) is 0 Å². The summed E-state index contributed by atoms with van der Waals surface area (Å²) >= 11 is 0. The lowest BCUT2D eigenvalue weighted by Crippen LogP contribution is -2.33. The summed E-state index contributed by atoms with van der Waals surface area (Å²) in [7, 11) is 0. The molecule has 4 rings (SSSR count). The van der Waals surface area contributed by atoms with Gasteiger partial charge in [0.25, 0.3) is 11.6 Å². The molecule has 1 aliphatic rings. The lowest BCUT2D eigenvalue weighted by molar-refractivity contribution is -0.384. The van der Waals surface area contributed by atoms with Crippen LogP contribution in [-0.4, -0.2) is 29.8 Å². The van der Waals surface area contributed by atoms with Gasteiger partial charge in [-0.05, 0) is 42.3 Å². The van der Waals surface area contributed by atoms with Gasteiger partial charge in [0.05, 0.1) is 4.92 Å². The molecule has 0 unspecified atom stereocenters. The van der Waals surface area contributed by atoms with Gasteiger partial charge in [-0.3, -0.25) is 19.7 Å². The molecule has 0 atom stereocenters. The number of hydrogen-bond donors (Lipinski definition) is 0. The largest absolute Gasteiger partial charge is 0.484 e. The average molecular weight is 402 g/mol. The standard InChI is InChI=1S/C23H18N2O5/c26-22(24-13-12-18-14-19(25(28)29)8-11-21(18)24)15-30-20-9-6-17(7-10-20)23(27)16-4-2-1-3-5-16/h1-11,14H,12-13,15H2. The molecular formula is C23H18N2O5. The third-order valence-corrected chi connectivity index (χ3v) is 4.99. The Balaban J connectivity index is 1.38. The van der Waals surface area contributed by atoms with E-state index in [1.807, 2.05) is 18.2 Å². The highest BCUT2D eigenvalue weighted by Gasteiger charge is 2.26. The van der Waals surface area contributed by atoms with Crippen molar-refractivity contribution >= 4 is 23.1 Å². The summed E-state index contributed by atoms with van der Waals surface area (Å²) in [4.78, 5) is 37.0. The fourth-order valence-electron chi connectivity index (χ4n) is 3.44. The van der Waals surface area contributed by atoms with Crippen LogP contribution in [0.5, 0.6) is 5.75 Å². The number of nitro groups is 1. The molecule has 7 nitrogen and oxygen atoms in total. The van der Waals surface area contributed by atoms with Gasteiger partial charge >= 0.3 is 0 Å². The minimum Gasteiger partial charge on any atom is -0.484 e. The minimum absolute atomic E-state index is 0.0180. The van der Waals surface area contributed by atoms with Crippen LogP contribution in [0.4, 0.5) is 11.4 Å². The van der Waals surface area contributed by atoms with Crippen molar-refractivity contribution in [3.8, 4) is 5.75 Å². The van der Waals surface area contributed by atoms with Crippen molar-refractivity contribution in [2.75, 3.05) is 18.1 Å². The highest BCUT2D eigenvalue weighted by Crippen LogP contribution is 2.31. The monoisotopic (exact) mass is 402 g/mol. The second-order valence-corrected chi connectivity index (χ2v) is 6.87. The highest BCUT2D eigenvalue weighted by atomic mass is 16.6. The number of benzene rings is 3. The van der Waals surface area contributed by atoms with Crippen LogP contribution in [0.25, 0.3) is 0 Å². The van der Waals surface area contributed by atoms with Gasteiger partial charge in [-0.2, -0.15) is 0 Å². The number of hydrogen-bond acceptors (Lipinski definition) is 5. The van der Waals surface area contributed by atoms with Gasteiger partial charge in [-0.25, -0.2) is 0 Å². The van der Waals surface area contributed by atoms with E-state index in [4.69, 9.17) is 4.74 Å². The molecule has 30 heavy (non-hydrogen) atoms. The van der Waals surface area contributed by atoms with Crippen molar-refractivity contribution in [3.63, 3.8) is 0 Å². The molecule has 0 spiro atoms. The molecule has 1 amide bonds. The second-order valence-electron chi connectivity index (χ2n) is 6.87. The molecule has 0 fully saturated rings. The maximum atomic E-state index is 12.6. The van der Waals surface area contributed by atoms with Crippen molar-refractivity contribution in [2.24, 2.45) is 0 Å². The van der Waals surface area contributed by atoms with Gasteiger partial charge in [-0.1, -0.05) is 30.3 Å². The molecule has 1 heterocycles. The van der Waals surface area contributed by atoms with E-state index >= 15 is 0 Å². The number of rotatable bonds is 6. The van der Waals surface area contributed by atoms with Gasteiger partial charge < -0.3 is 9.64 Å². The van der Waals surface area contributed by atoms with Crippen molar-refractivity contribution in [3.05, 3.63) is 99.6 Å². The normalized spacial score (nSPS) is 12.3. The van der Waals surface area contributed by atoms with Gasteiger partial charge in [-0.15, -0.1) is 0 Å². The van der Waals surface area contributed by atoms with Crippen molar-refractivity contribution in [1.29, 1.82) is 0 Å². The van der Waals surface area contributed by atoms with Crippen LogP contribution < -0.4 is 9.64 Å². The Kier molecular flexibility index (Phi) is 5.26. The van der Waals surface area contributed by atoms with E-state index in [0.717, 1.165) is 5.56 Å². The van der Waals surface area contributed by atoms with Crippen LogP contribution in [0.15, 0.2) is 72.8 Å². The molecular weight excluding hydrogens is 384 g/mol. The first kappa shape index (κ1) is 19.3. The highest BCUT2D eigenvalue weighted by molar-refractivity contribution is 6.09. The Morgan fingerprint density at radius 2 is 1.67 bits per heavy atom. The van der Waals surface area contributed by atoms with E-state index in [1.165, 1.54) is 12.1 Å². The Hall–Kier alpha value is -4.00. The van der Waals surface area contributed by atoms with Crippen molar-refractivity contribution in [1.82, 2.24) is 0 Å². The number of ketones is 1. The summed E-state index contributed by atoms with van der Waals surface area (Å²) in [6.07, 6.45) is 0.568. The van der Waals surface area contributed by atoms with Crippen LogP contribution in [0.3, 0.4) is 0 Å². The fraction of sp³-hybridized carbons (Fsp3) is 0.130. The first-order valence-electron chi connectivity index (χ1n) is 9.43. The van der Waals surface area contributed by atoms with E-state index in [9.17, 15) is 19.7 Å². The van der Waals surface area contributed by atoms with Crippen LogP contribution in [0, 0.1) is 10.1 Å². The number of carbonyl (C=O) groups is 2. The number of fused-ring (bicyclic) bond motifs is 1. The first-order valence-corrected chi connectivity index (χ1v) is 9.43. The Morgan fingerprint density at radius 3 is 2.37 bits per heavy atom. The number of nitro benzene ring substituents is 1. The summed E-state index contributed by atoms with van der Waals surface area (Å²) in [6, 6.07) is 20.1. The number of carbonyl (C=O) groups excluding carboxylic acids is 2. The summed E-state index contributed by atoms with van der Waals surface area (Å²) in [5.74, 6) is 0.170. The summed E-state index contributed by atoms with van der Waals surface area (Å²) in [5.41, 5.74) is 2.62. The number of amides is 1. The summed E-state index contributed by atoms with van der Waals surface area (Å²) < 4.78 is 5.59. The van der Waals surface area contributed by atoms with Gasteiger partial charge in [0, 0.05) is 35.5 Å². The molecule has 0 aliphatic carbocycles. The SMILES string of the molecule is O=C(c1ccccc1)c1ccc(OCC(=O)N2CCc3cc([N+](=O)[O-])ccc32)cc1. The molecule has 0 saturated carbocycles. The van der Waals surface area contributed by atoms with E-state index < -0.39 is 4.92 Å². The molecule has 3 aromatic carbocycles. The van der Waals surface area contributed by atoms with E-state index in [1.54, 1.807) is 47.4 Å². The molecule has 150 valence electrons. The zero-order valence-corrected chi connectivity index (χ0v) is 16.0.